The van der Waals surface area contributed by atoms with Crippen molar-refractivity contribution in [3.05, 3.63) is 88.2 Å². The van der Waals surface area contributed by atoms with Crippen LogP contribution in [-0.4, -0.2) is 23.7 Å². The molecule has 160 valence electrons. The topological polar surface area (TPSA) is 86.8 Å². The molecule has 1 amide bonds. The van der Waals surface area contributed by atoms with Gasteiger partial charge in [0, 0.05) is 23.7 Å². The molecule has 1 aliphatic heterocycles. The van der Waals surface area contributed by atoms with Crippen LogP contribution in [0.4, 0.5) is 0 Å². The molecule has 0 radical (unpaired) electrons. The summed E-state index contributed by atoms with van der Waals surface area (Å²) in [6.45, 7) is 0.431. The highest BCUT2D eigenvalue weighted by atomic mass is 32.1. The molecule has 0 spiro atoms. The Bertz CT molecular complexity index is 1290. The highest BCUT2D eigenvalue weighted by Gasteiger charge is 2.26. The fourth-order valence-electron chi connectivity index (χ4n) is 3.42. The molecule has 5 rings (SSSR count). The molecule has 0 bridgehead atoms. The molecule has 4 aromatic rings. The van der Waals surface area contributed by atoms with E-state index in [1.807, 2.05) is 36.4 Å². The third-order valence-corrected chi connectivity index (χ3v) is 5.87. The second-order valence-electron chi connectivity index (χ2n) is 7.12. The SMILES string of the molecule is O=C(O[C@@H](C(=O)NCc1ccc2c(c1)OCO2)c1ccc2ncccc2c1)c1cccs1. The smallest absolute Gasteiger partial charge is 0.349 e. The van der Waals surface area contributed by atoms with Gasteiger partial charge in [-0.25, -0.2) is 4.79 Å². The first-order valence-corrected chi connectivity index (χ1v) is 10.8. The Morgan fingerprint density at radius 3 is 2.84 bits per heavy atom. The summed E-state index contributed by atoms with van der Waals surface area (Å²) in [6, 6.07) is 18.0. The van der Waals surface area contributed by atoms with Crippen molar-refractivity contribution in [2.24, 2.45) is 0 Å². The van der Waals surface area contributed by atoms with Gasteiger partial charge in [0.1, 0.15) is 4.88 Å². The highest BCUT2D eigenvalue weighted by Crippen LogP contribution is 2.32. The summed E-state index contributed by atoms with van der Waals surface area (Å²) < 4.78 is 16.4. The van der Waals surface area contributed by atoms with Gasteiger partial charge in [0.2, 0.25) is 12.9 Å². The summed E-state index contributed by atoms with van der Waals surface area (Å²) in [7, 11) is 0. The van der Waals surface area contributed by atoms with Gasteiger partial charge in [0.05, 0.1) is 5.52 Å². The molecule has 2 aromatic carbocycles. The van der Waals surface area contributed by atoms with E-state index < -0.39 is 18.0 Å². The van der Waals surface area contributed by atoms with E-state index in [1.165, 1.54) is 11.3 Å². The first-order chi connectivity index (χ1) is 15.7. The fraction of sp³-hybridized carbons (Fsp3) is 0.125. The van der Waals surface area contributed by atoms with E-state index in [0.29, 0.717) is 21.9 Å². The van der Waals surface area contributed by atoms with E-state index in [9.17, 15) is 9.59 Å². The van der Waals surface area contributed by atoms with Crippen LogP contribution in [0.25, 0.3) is 10.9 Å². The van der Waals surface area contributed by atoms with Gasteiger partial charge >= 0.3 is 5.97 Å². The predicted octanol–water partition coefficient (Wildman–Crippen LogP) is 4.24. The number of carbonyl (C=O) groups excluding carboxylic acids is 2. The summed E-state index contributed by atoms with van der Waals surface area (Å²) in [4.78, 5) is 30.5. The molecular formula is C24H18N2O5S. The van der Waals surface area contributed by atoms with Crippen LogP contribution in [0.2, 0.25) is 0 Å². The van der Waals surface area contributed by atoms with Gasteiger partial charge in [0.25, 0.3) is 5.91 Å². The molecule has 1 aliphatic rings. The first-order valence-electron chi connectivity index (χ1n) is 9.93. The van der Waals surface area contributed by atoms with Gasteiger partial charge in [-0.2, -0.15) is 0 Å². The van der Waals surface area contributed by atoms with E-state index in [-0.39, 0.29) is 13.3 Å². The number of amides is 1. The summed E-state index contributed by atoms with van der Waals surface area (Å²) in [5.74, 6) is 0.345. The maximum absolute atomic E-state index is 13.1. The average Bonchev–Trinajstić information content (AvgIpc) is 3.52. The monoisotopic (exact) mass is 446 g/mol. The molecule has 32 heavy (non-hydrogen) atoms. The van der Waals surface area contributed by atoms with Crippen molar-refractivity contribution in [3.8, 4) is 11.5 Å². The summed E-state index contributed by atoms with van der Waals surface area (Å²) >= 11 is 1.26. The van der Waals surface area contributed by atoms with Crippen molar-refractivity contribution in [1.82, 2.24) is 10.3 Å². The molecule has 2 aromatic heterocycles. The first kappa shape index (κ1) is 20.0. The molecule has 1 N–H and O–H groups in total. The van der Waals surface area contributed by atoms with E-state index in [0.717, 1.165) is 16.5 Å². The second-order valence-corrected chi connectivity index (χ2v) is 8.07. The number of nitrogens with one attached hydrogen (secondary N) is 1. The Hall–Kier alpha value is -3.91. The molecule has 0 unspecified atom stereocenters. The summed E-state index contributed by atoms with van der Waals surface area (Å²) in [5, 5.41) is 5.50. The summed E-state index contributed by atoms with van der Waals surface area (Å²) in [6.07, 6.45) is 0.595. The summed E-state index contributed by atoms with van der Waals surface area (Å²) in [5.41, 5.74) is 2.20. The maximum Gasteiger partial charge on any atom is 0.349 e. The van der Waals surface area contributed by atoms with Crippen molar-refractivity contribution < 1.29 is 23.8 Å². The largest absolute Gasteiger partial charge is 0.454 e. The fourth-order valence-corrected chi connectivity index (χ4v) is 4.03. The van der Waals surface area contributed by atoms with Crippen LogP contribution in [0.3, 0.4) is 0 Å². The number of esters is 1. The molecule has 3 heterocycles. The molecule has 8 heteroatoms. The lowest BCUT2D eigenvalue weighted by Crippen LogP contribution is -2.31. The second kappa shape index (κ2) is 8.68. The molecule has 0 aliphatic carbocycles. The predicted molar refractivity (Wildman–Crippen MR) is 119 cm³/mol. The molecule has 0 fully saturated rings. The highest BCUT2D eigenvalue weighted by molar-refractivity contribution is 7.11. The molecule has 7 nitrogen and oxygen atoms in total. The lowest BCUT2D eigenvalue weighted by molar-refractivity contribution is -0.130. The van der Waals surface area contributed by atoms with Crippen LogP contribution in [-0.2, 0) is 16.1 Å². The van der Waals surface area contributed by atoms with Gasteiger partial charge < -0.3 is 19.5 Å². The minimum atomic E-state index is -1.11. The average molecular weight is 446 g/mol. The van der Waals surface area contributed by atoms with Crippen LogP contribution < -0.4 is 14.8 Å². The van der Waals surface area contributed by atoms with Crippen LogP contribution in [0.5, 0.6) is 11.5 Å². The normalized spacial score (nSPS) is 13.0. The number of nitrogens with zero attached hydrogens (tertiary/aromatic N) is 1. The number of rotatable bonds is 6. The third kappa shape index (κ3) is 4.13. The Morgan fingerprint density at radius 1 is 1.06 bits per heavy atom. The Morgan fingerprint density at radius 2 is 1.97 bits per heavy atom. The number of hydrogen-bond donors (Lipinski definition) is 1. The van der Waals surface area contributed by atoms with E-state index >= 15 is 0 Å². The molecule has 1 atom stereocenters. The number of pyridine rings is 1. The zero-order valence-electron chi connectivity index (χ0n) is 16.8. The van der Waals surface area contributed by atoms with E-state index in [2.05, 4.69) is 10.3 Å². The Kier molecular flexibility index (Phi) is 5.43. The number of ether oxygens (including phenoxy) is 3. The van der Waals surface area contributed by atoms with Gasteiger partial charge in [0.15, 0.2) is 11.5 Å². The van der Waals surface area contributed by atoms with Gasteiger partial charge in [-0.3, -0.25) is 9.78 Å². The van der Waals surface area contributed by atoms with Gasteiger partial charge in [-0.05, 0) is 47.3 Å². The standard InChI is InChI=1S/C24H18N2O5S/c27-23(26-13-15-5-8-19-20(11-15)30-14-29-19)22(31-24(28)21-4-2-10-32-21)17-6-7-18-16(12-17)3-1-9-25-18/h1-12,22H,13-14H2,(H,26,27)/t22-/m1/s1. The minimum absolute atomic E-state index is 0.183. The minimum Gasteiger partial charge on any atom is -0.454 e. The van der Waals surface area contributed by atoms with Gasteiger partial charge in [-0.1, -0.05) is 24.3 Å². The van der Waals surface area contributed by atoms with Crippen LogP contribution in [0, 0.1) is 0 Å². The molecule has 0 saturated heterocycles. The van der Waals surface area contributed by atoms with E-state index in [4.69, 9.17) is 14.2 Å². The maximum atomic E-state index is 13.1. The van der Waals surface area contributed by atoms with Crippen molar-refractivity contribution in [1.29, 1.82) is 0 Å². The van der Waals surface area contributed by atoms with Crippen molar-refractivity contribution >= 4 is 34.1 Å². The Labute approximate surface area is 187 Å². The zero-order chi connectivity index (χ0) is 21.9. The molecule has 0 saturated carbocycles. The number of aromatic nitrogens is 1. The zero-order valence-corrected chi connectivity index (χ0v) is 17.6. The van der Waals surface area contributed by atoms with Crippen molar-refractivity contribution in [2.45, 2.75) is 12.6 Å². The van der Waals surface area contributed by atoms with E-state index in [1.54, 1.807) is 35.8 Å². The number of benzene rings is 2. The lowest BCUT2D eigenvalue weighted by atomic mass is 10.1. The van der Waals surface area contributed by atoms with Crippen LogP contribution >= 0.6 is 11.3 Å². The molecular weight excluding hydrogens is 428 g/mol. The quantitative estimate of drug-likeness (QED) is 0.446. The Balaban J connectivity index is 1.38. The van der Waals surface area contributed by atoms with Crippen molar-refractivity contribution in [3.63, 3.8) is 0 Å². The number of thiophene rings is 1. The third-order valence-electron chi connectivity index (χ3n) is 5.02. The van der Waals surface area contributed by atoms with Crippen LogP contribution in [0.1, 0.15) is 26.9 Å². The number of carbonyl (C=O) groups is 2. The van der Waals surface area contributed by atoms with Crippen molar-refractivity contribution in [2.75, 3.05) is 6.79 Å². The van der Waals surface area contributed by atoms with Crippen LogP contribution in [0.15, 0.2) is 72.2 Å². The number of fused-ring (bicyclic) bond motifs is 2. The van der Waals surface area contributed by atoms with Gasteiger partial charge in [-0.15, -0.1) is 11.3 Å². The lowest BCUT2D eigenvalue weighted by Gasteiger charge is -2.18. The number of hydrogen-bond acceptors (Lipinski definition) is 7.